The molecule has 84 valence electrons. The van der Waals surface area contributed by atoms with E-state index >= 15 is 0 Å². The molecule has 1 heterocycles. The van der Waals surface area contributed by atoms with E-state index in [4.69, 9.17) is 5.26 Å². The Balaban J connectivity index is 2.67. The standard InChI is InChI=1S/C14H18N2/c1-12(10-15)6-5-8-14-7-3-4-9-16-11-13(14)2/h3-5,8,11-12H,6-7,9H2,1-2H3/b4-3?,8-5+,14-13?,16-11?. The van der Waals surface area contributed by atoms with E-state index in [-0.39, 0.29) is 5.92 Å². The molecule has 1 rings (SSSR count). The van der Waals surface area contributed by atoms with Gasteiger partial charge in [0.15, 0.2) is 0 Å². The average molecular weight is 214 g/mol. The average Bonchev–Trinajstić information content (AvgIpc) is 2.27. The first-order valence-electron chi connectivity index (χ1n) is 5.64. The third-order valence-electron chi connectivity index (χ3n) is 2.54. The smallest absolute Gasteiger partial charge is 0.0656 e. The maximum Gasteiger partial charge on any atom is 0.0656 e. The summed E-state index contributed by atoms with van der Waals surface area (Å²) in [5.41, 5.74) is 2.50. The van der Waals surface area contributed by atoms with Gasteiger partial charge in [0.05, 0.1) is 12.6 Å². The van der Waals surface area contributed by atoms with Crippen molar-refractivity contribution in [1.82, 2.24) is 0 Å². The molecule has 2 heteroatoms. The Labute approximate surface area is 97.7 Å². The number of allylic oxidation sites excluding steroid dienone is 5. The molecular weight excluding hydrogens is 196 g/mol. The zero-order valence-corrected chi connectivity index (χ0v) is 9.98. The first-order valence-corrected chi connectivity index (χ1v) is 5.64. The monoisotopic (exact) mass is 214 g/mol. The molecule has 0 radical (unpaired) electrons. The Morgan fingerprint density at radius 3 is 3.12 bits per heavy atom. The second-order valence-electron chi connectivity index (χ2n) is 4.05. The minimum absolute atomic E-state index is 0.0925. The lowest BCUT2D eigenvalue weighted by molar-refractivity contribution is 0.760. The fraction of sp³-hybridized carbons (Fsp3) is 0.429. The van der Waals surface area contributed by atoms with Crippen molar-refractivity contribution in [2.45, 2.75) is 26.7 Å². The van der Waals surface area contributed by atoms with Crippen molar-refractivity contribution in [2.75, 3.05) is 6.54 Å². The van der Waals surface area contributed by atoms with Gasteiger partial charge in [-0.2, -0.15) is 5.26 Å². The largest absolute Gasteiger partial charge is 0.289 e. The Morgan fingerprint density at radius 2 is 2.38 bits per heavy atom. The third-order valence-corrected chi connectivity index (χ3v) is 2.54. The number of nitrogens with zero attached hydrogens (tertiary/aromatic N) is 2. The summed E-state index contributed by atoms with van der Waals surface area (Å²) in [4.78, 5) is 4.27. The van der Waals surface area contributed by atoms with Crippen molar-refractivity contribution in [1.29, 1.82) is 5.26 Å². The van der Waals surface area contributed by atoms with E-state index in [9.17, 15) is 0 Å². The predicted molar refractivity (Wildman–Crippen MR) is 68.4 cm³/mol. The summed E-state index contributed by atoms with van der Waals surface area (Å²) in [6, 6.07) is 2.23. The summed E-state index contributed by atoms with van der Waals surface area (Å²) in [7, 11) is 0. The van der Waals surface area contributed by atoms with E-state index in [2.05, 4.69) is 42.3 Å². The van der Waals surface area contributed by atoms with Crippen molar-refractivity contribution < 1.29 is 0 Å². The summed E-state index contributed by atoms with van der Waals surface area (Å²) in [5, 5.41) is 8.68. The highest BCUT2D eigenvalue weighted by Gasteiger charge is 1.99. The maximum atomic E-state index is 8.68. The Hall–Kier alpha value is -1.62. The molecule has 0 bridgehead atoms. The van der Waals surface area contributed by atoms with Gasteiger partial charge in [0.2, 0.25) is 0 Å². The number of hydrogen-bond donors (Lipinski definition) is 0. The number of nitriles is 1. The lowest BCUT2D eigenvalue weighted by atomic mass is 10.0. The van der Waals surface area contributed by atoms with Gasteiger partial charge in [0, 0.05) is 12.1 Å². The van der Waals surface area contributed by atoms with Crippen LogP contribution in [0, 0.1) is 17.2 Å². The van der Waals surface area contributed by atoms with Crippen molar-refractivity contribution in [2.24, 2.45) is 10.9 Å². The molecule has 0 amide bonds. The second kappa shape index (κ2) is 6.79. The number of rotatable bonds is 3. The van der Waals surface area contributed by atoms with Crippen LogP contribution in [-0.4, -0.2) is 12.8 Å². The van der Waals surface area contributed by atoms with Gasteiger partial charge < -0.3 is 0 Å². The van der Waals surface area contributed by atoms with Crippen molar-refractivity contribution >= 4 is 6.21 Å². The van der Waals surface area contributed by atoms with Gasteiger partial charge in [0.25, 0.3) is 0 Å². The summed E-state index contributed by atoms with van der Waals surface area (Å²) in [5.74, 6) is 0.0925. The molecule has 16 heavy (non-hydrogen) atoms. The van der Waals surface area contributed by atoms with Gasteiger partial charge in [-0.15, -0.1) is 0 Å². The molecule has 0 spiro atoms. The molecule has 0 aromatic heterocycles. The van der Waals surface area contributed by atoms with Crippen LogP contribution >= 0.6 is 0 Å². The molecule has 0 saturated heterocycles. The first-order chi connectivity index (χ1) is 7.74. The number of hydrogen-bond acceptors (Lipinski definition) is 2. The molecule has 1 aliphatic heterocycles. The van der Waals surface area contributed by atoms with E-state index in [1.807, 2.05) is 13.1 Å². The predicted octanol–water partition coefficient (Wildman–Crippen LogP) is 3.44. The maximum absolute atomic E-state index is 8.68. The van der Waals surface area contributed by atoms with Crippen LogP contribution < -0.4 is 0 Å². The molecule has 0 aromatic rings. The van der Waals surface area contributed by atoms with Crippen LogP contribution in [0.15, 0.2) is 40.4 Å². The molecule has 0 aromatic carbocycles. The van der Waals surface area contributed by atoms with Gasteiger partial charge in [0.1, 0.15) is 0 Å². The minimum atomic E-state index is 0.0925. The van der Waals surface area contributed by atoms with E-state index < -0.39 is 0 Å². The third kappa shape index (κ3) is 4.27. The molecule has 0 N–H and O–H groups in total. The summed E-state index contributed by atoms with van der Waals surface area (Å²) in [6.45, 7) is 4.79. The van der Waals surface area contributed by atoms with E-state index in [1.54, 1.807) is 0 Å². The Bertz CT molecular complexity index is 378. The molecule has 1 unspecified atom stereocenters. The van der Waals surface area contributed by atoms with Crippen LogP contribution in [0.2, 0.25) is 0 Å². The zero-order chi connectivity index (χ0) is 11.8. The quantitative estimate of drug-likeness (QED) is 0.663. The van der Waals surface area contributed by atoms with Gasteiger partial charge in [-0.3, -0.25) is 4.99 Å². The topological polar surface area (TPSA) is 36.1 Å². The van der Waals surface area contributed by atoms with Gasteiger partial charge in [-0.1, -0.05) is 24.3 Å². The SMILES string of the molecule is CC1=C(/C=C/CC(C)C#N)CC=CCN=C1. The molecule has 0 saturated carbocycles. The van der Waals surface area contributed by atoms with Crippen LogP contribution in [0.3, 0.4) is 0 Å². The minimum Gasteiger partial charge on any atom is -0.289 e. The van der Waals surface area contributed by atoms with Crippen LogP contribution in [0.5, 0.6) is 0 Å². The van der Waals surface area contributed by atoms with Crippen LogP contribution in [-0.2, 0) is 0 Å². The molecule has 1 atom stereocenters. The van der Waals surface area contributed by atoms with Gasteiger partial charge in [-0.05, 0) is 37.8 Å². The summed E-state index contributed by atoms with van der Waals surface area (Å²) < 4.78 is 0. The summed E-state index contributed by atoms with van der Waals surface area (Å²) >= 11 is 0. The highest BCUT2D eigenvalue weighted by Crippen LogP contribution is 2.13. The van der Waals surface area contributed by atoms with Crippen LogP contribution in [0.4, 0.5) is 0 Å². The van der Waals surface area contributed by atoms with Crippen LogP contribution in [0.25, 0.3) is 0 Å². The highest BCUT2D eigenvalue weighted by molar-refractivity contribution is 5.80. The zero-order valence-electron chi connectivity index (χ0n) is 9.98. The molecule has 0 fully saturated rings. The molecule has 1 aliphatic rings. The fourth-order valence-electron chi connectivity index (χ4n) is 1.45. The highest BCUT2D eigenvalue weighted by atomic mass is 14.7. The van der Waals surface area contributed by atoms with Crippen molar-refractivity contribution in [3.05, 3.63) is 35.5 Å². The Morgan fingerprint density at radius 1 is 1.56 bits per heavy atom. The van der Waals surface area contributed by atoms with E-state index in [0.29, 0.717) is 0 Å². The van der Waals surface area contributed by atoms with Crippen molar-refractivity contribution in [3.63, 3.8) is 0 Å². The van der Waals surface area contributed by atoms with Gasteiger partial charge in [-0.25, -0.2) is 0 Å². The molecular formula is C14H18N2. The Kier molecular flexibility index (Phi) is 5.28. The number of aliphatic imine (C=N–C) groups is 1. The fourth-order valence-corrected chi connectivity index (χ4v) is 1.45. The normalized spacial score (nSPS) is 18.3. The first kappa shape index (κ1) is 12.4. The summed E-state index contributed by atoms with van der Waals surface area (Å²) in [6.07, 6.45) is 12.1. The van der Waals surface area contributed by atoms with Crippen molar-refractivity contribution in [3.8, 4) is 6.07 Å². The molecule has 0 aliphatic carbocycles. The lowest BCUT2D eigenvalue weighted by Gasteiger charge is -2.04. The van der Waals surface area contributed by atoms with E-state index in [0.717, 1.165) is 19.4 Å². The second-order valence-corrected chi connectivity index (χ2v) is 4.05. The van der Waals surface area contributed by atoms with E-state index in [1.165, 1.54) is 11.1 Å². The molecule has 2 nitrogen and oxygen atoms in total. The lowest BCUT2D eigenvalue weighted by Crippen LogP contribution is -1.92. The van der Waals surface area contributed by atoms with Crippen LogP contribution in [0.1, 0.15) is 26.7 Å². The van der Waals surface area contributed by atoms with Gasteiger partial charge >= 0.3 is 0 Å².